The second kappa shape index (κ2) is 8.34. The van der Waals surface area contributed by atoms with E-state index < -0.39 is 0 Å². The van der Waals surface area contributed by atoms with Crippen molar-refractivity contribution in [3.63, 3.8) is 0 Å². The highest BCUT2D eigenvalue weighted by atomic mass is 19.1. The van der Waals surface area contributed by atoms with Gasteiger partial charge in [0.15, 0.2) is 5.82 Å². The predicted molar refractivity (Wildman–Crippen MR) is 110 cm³/mol. The minimum Gasteiger partial charge on any atom is -0.354 e. The normalized spacial score (nSPS) is 16.5. The molecule has 2 aromatic heterocycles. The molecule has 0 spiro atoms. The Bertz CT molecular complexity index is 991. The number of nitrogens with one attached hydrogen (secondary N) is 1. The molecule has 1 amide bonds. The average Bonchev–Trinajstić information content (AvgIpc) is 2.76. The number of aryl methyl sites for hydroxylation is 1. The van der Waals surface area contributed by atoms with Crippen molar-refractivity contribution < 1.29 is 9.18 Å². The summed E-state index contributed by atoms with van der Waals surface area (Å²) < 4.78 is 13.1. The average molecular weight is 391 g/mol. The number of nitrogens with zero attached hydrogens (tertiary/aromatic N) is 4. The van der Waals surface area contributed by atoms with Gasteiger partial charge in [-0.2, -0.15) is 0 Å². The van der Waals surface area contributed by atoms with E-state index in [0.717, 1.165) is 36.3 Å². The fourth-order valence-corrected chi connectivity index (χ4v) is 3.50. The lowest BCUT2D eigenvalue weighted by Crippen LogP contribution is -2.41. The zero-order valence-electron chi connectivity index (χ0n) is 16.2. The molecule has 1 saturated heterocycles. The van der Waals surface area contributed by atoms with Gasteiger partial charge in [0.25, 0.3) is 0 Å². The van der Waals surface area contributed by atoms with Crippen LogP contribution in [0.2, 0.25) is 0 Å². The third-order valence-corrected chi connectivity index (χ3v) is 5.16. The van der Waals surface area contributed by atoms with E-state index in [1.807, 2.05) is 31.2 Å². The summed E-state index contributed by atoms with van der Waals surface area (Å²) in [5.74, 6) is 0.911. The maximum Gasteiger partial charge on any atom is 0.230 e. The van der Waals surface area contributed by atoms with Crippen molar-refractivity contribution in [3.8, 4) is 11.3 Å². The molecular weight excluding hydrogens is 369 g/mol. The largest absolute Gasteiger partial charge is 0.354 e. The van der Waals surface area contributed by atoms with Gasteiger partial charge in [0.1, 0.15) is 11.6 Å². The molecule has 4 rings (SSSR count). The Morgan fingerprint density at radius 1 is 1.14 bits per heavy atom. The van der Waals surface area contributed by atoms with Crippen LogP contribution in [0.4, 0.5) is 16.0 Å². The van der Waals surface area contributed by atoms with Crippen LogP contribution < -0.4 is 10.2 Å². The van der Waals surface area contributed by atoms with E-state index >= 15 is 0 Å². The quantitative estimate of drug-likeness (QED) is 0.732. The summed E-state index contributed by atoms with van der Waals surface area (Å²) in [7, 11) is 0. The Balaban J connectivity index is 1.43. The van der Waals surface area contributed by atoms with Crippen LogP contribution in [0.15, 0.2) is 54.7 Å². The summed E-state index contributed by atoms with van der Waals surface area (Å²) in [4.78, 5) is 19.0. The number of anilines is 2. The molecule has 1 unspecified atom stereocenters. The number of piperidine rings is 1. The van der Waals surface area contributed by atoms with Gasteiger partial charge < -0.3 is 10.2 Å². The number of carbonyl (C=O) groups excluding carboxylic acids is 1. The molecular formula is C22H22FN5O. The van der Waals surface area contributed by atoms with Gasteiger partial charge in [-0.1, -0.05) is 6.07 Å². The van der Waals surface area contributed by atoms with Gasteiger partial charge in [0.05, 0.1) is 11.6 Å². The van der Waals surface area contributed by atoms with E-state index in [4.69, 9.17) is 0 Å². The molecule has 1 aliphatic rings. The van der Waals surface area contributed by atoms with Crippen LogP contribution in [0.1, 0.15) is 18.4 Å². The summed E-state index contributed by atoms with van der Waals surface area (Å²) in [5, 5.41) is 11.6. The molecule has 1 aromatic carbocycles. The van der Waals surface area contributed by atoms with E-state index in [0.29, 0.717) is 18.1 Å². The molecule has 148 valence electrons. The minimum absolute atomic E-state index is 0.0209. The van der Waals surface area contributed by atoms with Crippen LogP contribution in [0.5, 0.6) is 0 Å². The molecule has 7 heteroatoms. The highest BCUT2D eigenvalue weighted by Crippen LogP contribution is 2.24. The molecule has 3 heterocycles. The Morgan fingerprint density at radius 3 is 2.69 bits per heavy atom. The maximum absolute atomic E-state index is 13.1. The number of benzene rings is 1. The van der Waals surface area contributed by atoms with Crippen LogP contribution >= 0.6 is 0 Å². The Morgan fingerprint density at radius 2 is 1.97 bits per heavy atom. The zero-order chi connectivity index (χ0) is 20.2. The molecule has 0 saturated carbocycles. The lowest BCUT2D eigenvalue weighted by molar-refractivity contribution is -0.120. The molecule has 0 aliphatic carbocycles. The first kappa shape index (κ1) is 19.0. The lowest BCUT2D eigenvalue weighted by Gasteiger charge is -2.32. The molecule has 0 bridgehead atoms. The number of rotatable bonds is 4. The van der Waals surface area contributed by atoms with Gasteiger partial charge in [-0.05, 0) is 67.8 Å². The smallest absolute Gasteiger partial charge is 0.230 e. The minimum atomic E-state index is -0.281. The SMILES string of the molecule is Cc1cccnc1NC(=O)C1CCCN(c2ccc(-c3ccc(F)cc3)nn2)C1. The second-order valence-electron chi connectivity index (χ2n) is 7.23. The summed E-state index contributed by atoms with van der Waals surface area (Å²) in [6.07, 6.45) is 3.41. The number of aromatic nitrogens is 3. The van der Waals surface area contributed by atoms with Crippen molar-refractivity contribution in [3.05, 3.63) is 66.1 Å². The van der Waals surface area contributed by atoms with Crippen LogP contribution in [-0.2, 0) is 4.79 Å². The van der Waals surface area contributed by atoms with Crippen LogP contribution in [-0.4, -0.2) is 34.2 Å². The van der Waals surface area contributed by atoms with Gasteiger partial charge in [-0.3, -0.25) is 4.79 Å². The van der Waals surface area contributed by atoms with E-state index in [-0.39, 0.29) is 17.6 Å². The molecule has 1 N–H and O–H groups in total. The van der Waals surface area contributed by atoms with Gasteiger partial charge in [-0.25, -0.2) is 9.37 Å². The van der Waals surface area contributed by atoms with Gasteiger partial charge in [-0.15, -0.1) is 10.2 Å². The topological polar surface area (TPSA) is 71.0 Å². The maximum atomic E-state index is 13.1. The lowest BCUT2D eigenvalue weighted by atomic mass is 9.97. The van der Waals surface area contributed by atoms with Crippen LogP contribution in [0.3, 0.4) is 0 Å². The highest BCUT2D eigenvalue weighted by Gasteiger charge is 2.27. The fourth-order valence-electron chi connectivity index (χ4n) is 3.50. The molecule has 1 atom stereocenters. The van der Waals surface area contributed by atoms with Crippen molar-refractivity contribution in [1.82, 2.24) is 15.2 Å². The van der Waals surface area contributed by atoms with E-state index in [9.17, 15) is 9.18 Å². The first-order chi connectivity index (χ1) is 14.1. The predicted octanol–water partition coefficient (Wildman–Crippen LogP) is 3.84. The van der Waals surface area contributed by atoms with E-state index in [2.05, 4.69) is 25.4 Å². The number of hydrogen-bond acceptors (Lipinski definition) is 5. The van der Waals surface area contributed by atoms with E-state index in [1.54, 1.807) is 18.3 Å². The molecule has 1 aliphatic heterocycles. The van der Waals surface area contributed by atoms with Crippen molar-refractivity contribution in [2.75, 3.05) is 23.3 Å². The van der Waals surface area contributed by atoms with Crippen molar-refractivity contribution in [2.24, 2.45) is 5.92 Å². The number of halogens is 1. The van der Waals surface area contributed by atoms with Crippen molar-refractivity contribution >= 4 is 17.5 Å². The van der Waals surface area contributed by atoms with Crippen molar-refractivity contribution in [1.29, 1.82) is 0 Å². The molecule has 3 aromatic rings. The third kappa shape index (κ3) is 4.39. The van der Waals surface area contributed by atoms with Gasteiger partial charge in [0.2, 0.25) is 5.91 Å². The number of carbonyl (C=O) groups is 1. The van der Waals surface area contributed by atoms with Crippen LogP contribution in [0, 0.1) is 18.7 Å². The zero-order valence-corrected chi connectivity index (χ0v) is 16.2. The van der Waals surface area contributed by atoms with Crippen molar-refractivity contribution in [2.45, 2.75) is 19.8 Å². The monoisotopic (exact) mass is 391 g/mol. The number of hydrogen-bond donors (Lipinski definition) is 1. The number of amides is 1. The Kier molecular flexibility index (Phi) is 5.46. The van der Waals surface area contributed by atoms with Crippen LogP contribution in [0.25, 0.3) is 11.3 Å². The highest BCUT2D eigenvalue weighted by molar-refractivity contribution is 5.92. The molecule has 0 radical (unpaired) electrons. The summed E-state index contributed by atoms with van der Waals surface area (Å²) in [5.41, 5.74) is 2.44. The first-order valence-corrected chi connectivity index (χ1v) is 9.67. The Hall–Kier alpha value is -3.35. The number of pyridine rings is 1. The fraction of sp³-hybridized carbons (Fsp3) is 0.273. The molecule has 6 nitrogen and oxygen atoms in total. The molecule has 1 fully saturated rings. The van der Waals surface area contributed by atoms with Gasteiger partial charge in [0, 0.05) is 24.8 Å². The Labute approximate surface area is 168 Å². The van der Waals surface area contributed by atoms with Gasteiger partial charge >= 0.3 is 0 Å². The summed E-state index contributed by atoms with van der Waals surface area (Å²) in [6, 6.07) is 13.7. The standard InChI is InChI=1S/C22H22FN5O/c1-15-4-2-12-24-21(15)25-22(29)17-5-3-13-28(14-17)20-11-10-19(26-27-20)16-6-8-18(23)9-7-16/h2,4,6-12,17H,3,5,13-14H2,1H3,(H,24,25,29). The first-order valence-electron chi connectivity index (χ1n) is 9.67. The second-order valence-corrected chi connectivity index (χ2v) is 7.23. The van der Waals surface area contributed by atoms with E-state index in [1.165, 1.54) is 12.1 Å². The third-order valence-electron chi connectivity index (χ3n) is 5.16. The summed E-state index contributed by atoms with van der Waals surface area (Å²) in [6.45, 7) is 3.34. The molecule has 29 heavy (non-hydrogen) atoms. The summed E-state index contributed by atoms with van der Waals surface area (Å²) >= 11 is 0.